The van der Waals surface area contributed by atoms with Crippen molar-refractivity contribution >= 4 is 33.7 Å². The Labute approximate surface area is 109 Å². The maximum absolute atomic E-state index is 11.3. The first-order valence-electron chi connectivity index (χ1n) is 5.26. The van der Waals surface area contributed by atoms with Gasteiger partial charge in [-0.25, -0.2) is 0 Å². The van der Waals surface area contributed by atoms with Gasteiger partial charge in [0.05, 0.1) is 12.4 Å². The van der Waals surface area contributed by atoms with E-state index in [0.29, 0.717) is 12.4 Å². The first-order valence-corrected chi connectivity index (χ1v) is 7.04. The summed E-state index contributed by atoms with van der Waals surface area (Å²) in [6.07, 6.45) is 1.99. The Morgan fingerprint density at radius 1 is 1.50 bits per heavy atom. The number of ether oxygens (including phenoxy) is 1. The molecule has 0 unspecified atom stereocenters. The first kappa shape index (κ1) is 13.6. The maximum Gasteiger partial charge on any atom is 0.316 e. The lowest BCUT2D eigenvalue weighted by molar-refractivity contribution is -0.140. The minimum atomic E-state index is -0.140. The average Bonchev–Trinajstić information content (AvgIpc) is 2.27. The molecule has 0 aromatic heterocycles. The number of carbonyl (C=O) groups is 1. The van der Waals surface area contributed by atoms with Gasteiger partial charge in [-0.3, -0.25) is 4.79 Å². The minimum Gasteiger partial charge on any atom is -0.465 e. The van der Waals surface area contributed by atoms with Crippen molar-refractivity contribution in [2.75, 3.05) is 12.4 Å². The highest BCUT2D eigenvalue weighted by molar-refractivity contribution is 9.10. The van der Waals surface area contributed by atoms with E-state index in [9.17, 15) is 4.79 Å². The van der Waals surface area contributed by atoms with Gasteiger partial charge in [-0.15, -0.1) is 11.8 Å². The standard InChI is InChI=1S/C12H15BrO2S/c1-2-3-7-15-12(14)9-16-11-6-4-5-10(13)8-11/h4-6,8H,2-3,7,9H2,1H3. The van der Waals surface area contributed by atoms with Crippen molar-refractivity contribution in [1.82, 2.24) is 0 Å². The van der Waals surface area contributed by atoms with Gasteiger partial charge in [0.1, 0.15) is 0 Å². The molecule has 88 valence electrons. The molecule has 0 aliphatic rings. The Morgan fingerprint density at radius 2 is 2.31 bits per heavy atom. The van der Waals surface area contributed by atoms with Crippen LogP contribution in [-0.4, -0.2) is 18.3 Å². The quantitative estimate of drug-likeness (QED) is 0.453. The maximum atomic E-state index is 11.3. The van der Waals surface area contributed by atoms with Gasteiger partial charge in [-0.1, -0.05) is 35.3 Å². The van der Waals surface area contributed by atoms with Gasteiger partial charge in [-0.2, -0.15) is 0 Å². The molecule has 0 aliphatic carbocycles. The largest absolute Gasteiger partial charge is 0.465 e. The van der Waals surface area contributed by atoms with Gasteiger partial charge < -0.3 is 4.74 Å². The summed E-state index contributed by atoms with van der Waals surface area (Å²) < 4.78 is 6.09. The molecule has 0 N–H and O–H groups in total. The fourth-order valence-corrected chi connectivity index (χ4v) is 2.37. The number of carbonyl (C=O) groups excluding carboxylic acids is 1. The summed E-state index contributed by atoms with van der Waals surface area (Å²) in [5.41, 5.74) is 0. The smallest absolute Gasteiger partial charge is 0.316 e. The molecule has 0 heterocycles. The van der Waals surface area contributed by atoms with E-state index in [4.69, 9.17) is 4.74 Å². The van der Waals surface area contributed by atoms with E-state index in [1.54, 1.807) is 0 Å². The molecule has 0 fully saturated rings. The van der Waals surface area contributed by atoms with Crippen molar-refractivity contribution in [2.45, 2.75) is 24.7 Å². The second kappa shape index (κ2) is 7.74. The minimum absolute atomic E-state index is 0.140. The van der Waals surface area contributed by atoms with Crippen molar-refractivity contribution in [3.63, 3.8) is 0 Å². The zero-order valence-corrected chi connectivity index (χ0v) is 11.6. The van der Waals surface area contributed by atoms with Gasteiger partial charge in [0, 0.05) is 9.37 Å². The topological polar surface area (TPSA) is 26.3 Å². The zero-order valence-electron chi connectivity index (χ0n) is 9.24. The number of halogens is 1. The molecule has 1 rings (SSSR count). The lowest BCUT2D eigenvalue weighted by atomic mass is 10.4. The summed E-state index contributed by atoms with van der Waals surface area (Å²) in [7, 11) is 0. The first-order chi connectivity index (χ1) is 7.72. The summed E-state index contributed by atoms with van der Waals surface area (Å²) in [4.78, 5) is 12.4. The van der Waals surface area contributed by atoms with Gasteiger partial charge in [0.25, 0.3) is 0 Å². The molecule has 0 bridgehead atoms. The number of esters is 1. The van der Waals surface area contributed by atoms with E-state index in [0.717, 1.165) is 22.2 Å². The summed E-state index contributed by atoms with van der Waals surface area (Å²) in [6, 6.07) is 7.89. The van der Waals surface area contributed by atoms with E-state index in [-0.39, 0.29) is 5.97 Å². The van der Waals surface area contributed by atoms with Crippen LogP contribution in [0.15, 0.2) is 33.6 Å². The molecule has 0 aliphatic heterocycles. The predicted octanol–water partition coefficient (Wildman–Crippen LogP) is 3.88. The van der Waals surface area contributed by atoms with Crippen molar-refractivity contribution in [3.05, 3.63) is 28.7 Å². The second-order valence-corrected chi connectivity index (χ2v) is 5.28. The molecule has 0 atom stereocenters. The Bertz CT molecular complexity index is 342. The van der Waals surface area contributed by atoms with E-state index in [1.165, 1.54) is 11.8 Å². The number of hydrogen-bond donors (Lipinski definition) is 0. The van der Waals surface area contributed by atoms with Gasteiger partial charge in [0.2, 0.25) is 0 Å². The highest BCUT2D eigenvalue weighted by Gasteiger charge is 2.03. The lowest BCUT2D eigenvalue weighted by Crippen LogP contribution is -2.08. The zero-order chi connectivity index (χ0) is 11.8. The molecule has 0 saturated heterocycles. The fraction of sp³-hybridized carbons (Fsp3) is 0.417. The summed E-state index contributed by atoms with van der Waals surface area (Å²) in [5, 5.41) is 0. The SMILES string of the molecule is CCCCOC(=O)CSc1cccc(Br)c1. The lowest BCUT2D eigenvalue weighted by Gasteiger charge is -2.04. The molecule has 0 saturated carbocycles. The van der Waals surface area contributed by atoms with Crippen molar-refractivity contribution in [1.29, 1.82) is 0 Å². The number of benzene rings is 1. The van der Waals surface area contributed by atoms with E-state index in [2.05, 4.69) is 22.9 Å². The number of rotatable bonds is 6. The molecule has 1 aromatic rings. The highest BCUT2D eigenvalue weighted by atomic mass is 79.9. The van der Waals surface area contributed by atoms with E-state index in [1.807, 2.05) is 24.3 Å². The van der Waals surface area contributed by atoms with Crippen LogP contribution >= 0.6 is 27.7 Å². The molecular weight excluding hydrogens is 288 g/mol. The van der Waals surface area contributed by atoms with Crippen LogP contribution in [0.2, 0.25) is 0 Å². The van der Waals surface area contributed by atoms with Crippen LogP contribution in [0.5, 0.6) is 0 Å². The predicted molar refractivity (Wildman–Crippen MR) is 70.7 cm³/mol. The average molecular weight is 303 g/mol. The normalized spacial score (nSPS) is 10.1. The Balaban J connectivity index is 2.26. The van der Waals surface area contributed by atoms with Crippen LogP contribution < -0.4 is 0 Å². The van der Waals surface area contributed by atoms with Crippen LogP contribution in [0, 0.1) is 0 Å². The third-order valence-corrected chi connectivity index (χ3v) is 3.37. The van der Waals surface area contributed by atoms with Crippen LogP contribution in [-0.2, 0) is 9.53 Å². The summed E-state index contributed by atoms with van der Waals surface area (Å²) >= 11 is 4.89. The van der Waals surface area contributed by atoms with Crippen LogP contribution in [0.1, 0.15) is 19.8 Å². The van der Waals surface area contributed by atoms with Gasteiger partial charge >= 0.3 is 5.97 Å². The molecule has 1 aromatic carbocycles. The van der Waals surface area contributed by atoms with Crippen LogP contribution in [0.25, 0.3) is 0 Å². The fourth-order valence-electron chi connectivity index (χ4n) is 1.07. The van der Waals surface area contributed by atoms with Crippen molar-refractivity contribution < 1.29 is 9.53 Å². The third kappa shape index (κ3) is 5.56. The molecule has 0 amide bonds. The Kier molecular flexibility index (Phi) is 6.57. The van der Waals surface area contributed by atoms with Gasteiger partial charge in [0.15, 0.2) is 0 Å². The summed E-state index contributed by atoms with van der Waals surface area (Å²) in [5.74, 6) is 0.235. The van der Waals surface area contributed by atoms with Gasteiger partial charge in [-0.05, 0) is 24.6 Å². The number of thioether (sulfide) groups is 1. The molecule has 2 nitrogen and oxygen atoms in total. The molecule has 4 heteroatoms. The Morgan fingerprint density at radius 3 is 3.00 bits per heavy atom. The Hall–Kier alpha value is -0.480. The van der Waals surface area contributed by atoms with Crippen molar-refractivity contribution in [2.24, 2.45) is 0 Å². The van der Waals surface area contributed by atoms with E-state index < -0.39 is 0 Å². The monoisotopic (exact) mass is 302 g/mol. The highest BCUT2D eigenvalue weighted by Crippen LogP contribution is 2.21. The van der Waals surface area contributed by atoms with E-state index >= 15 is 0 Å². The number of hydrogen-bond acceptors (Lipinski definition) is 3. The number of unbranched alkanes of at least 4 members (excludes halogenated alkanes) is 1. The van der Waals surface area contributed by atoms with Crippen molar-refractivity contribution in [3.8, 4) is 0 Å². The molecule has 0 radical (unpaired) electrons. The van der Waals surface area contributed by atoms with Crippen LogP contribution in [0.4, 0.5) is 0 Å². The second-order valence-electron chi connectivity index (χ2n) is 3.32. The molecule has 0 spiro atoms. The molecular formula is C12H15BrO2S. The van der Waals surface area contributed by atoms with Crippen LogP contribution in [0.3, 0.4) is 0 Å². The third-order valence-electron chi connectivity index (χ3n) is 1.91. The summed E-state index contributed by atoms with van der Waals surface area (Å²) in [6.45, 7) is 2.61. The molecule has 16 heavy (non-hydrogen) atoms.